The molecular formula is C10H6BrF2N3O. The molecule has 0 unspecified atom stereocenters. The molecule has 0 saturated carbocycles. The lowest BCUT2D eigenvalue weighted by Gasteiger charge is -2.06. The zero-order valence-electron chi connectivity index (χ0n) is 8.32. The molecule has 17 heavy (non-hydrogen) atoms. The van der Waals surface area contributed by atoms with Crippen molar-refractivity contribution in [2.45, 2.75) is 0 Å². The Morgan fingerprint density at radius 3 is 2.41 bits per heavy atom. The monoisotopic (exact) mass is 301 g/mol. The summed E-state index contributed by atoms with van der Waals surface area (Å²) in [6.45, 7) is 0. The maximum absolute atomic E-state index is 13.4. The average Bonchev–Trinajstić information content (AvgIpc) is 2.29. The topological polar surface area (TPSA) is 61.0 Å². The van der Waals surface area contributed by atoms with Crippen molar-refractivity contribution in [2.24, 2.45) is 0 Å². The molecule has 0 saturated heterocycles. The summed E-state index contributed by atoms with van der Waals surface area (Å²) < 4.78 is 32.1. The Morgan fingerprint density at radius 2 is 1.76 bits per heavy atom. The zero-order valence-corrected chi connectivity index (χ0v) is 9.91. The van der Waals surface area contributed by atoms with E-state index in [0.29, 0.717) is 4.47 Å². The van der Waals surface area contributed by atoms with E-state index in [2.05, 4.69) is 25.9 Å². The minimum Gasteiger partial charge on any atom is -0.421 e. The van der Waals surface area contributed by atoms with Crippen LogP contribution in [-0.2, 0) is 0 Å². The summed E-state index contributed by atoms with van der Waals surface area (Å²) in [5.41, 5.74) is 4.91. The molecule has 1 aromatic heterocycles. The van der Waals surface area contributed by atoms with Crippen LogP contribution in [0.2, 0.25) is 0 Å². The van der Waals surface area contributed by atoms with Gasteiger partial charge < -0.3 is 10.5 Å². The van der Waals surface area contributed by atoms with E-state index in [-0.39, 0.29) is 17.4 Å². The van der Waals surface area contributed by atoms with Gasteiger partial charge >= 0.3 is 6.01 Å². The minimum atomic E-state index is -0.782. The molecule has 2 aromatic rings. The number of rotatable bonds is 2. The number of nitrogens with zero attached hydrogens (tertiary/aromatic N) is 2. The van der Waals surface area contributed by atoms with Crippen molar-refractivity contribution in [2.75, 3.05) is 5.73 Å². The Bertz CT molecular complexity index is 548. The third kappa shape index (κ3) is 2.68. The van der Waals surface area contributed by atoms with Crippen LogP contribution < -0.4 is 10.5 Å². The Morgan fingerprint density at radius 1 is 1.12 bits per heavy atom. The van der Waals surface area contributed by atoms with Crippen LogP contribution in [0, 0.1) is 11.6 Å². The lowest BCUT2D eigenvalue weighted by Crippen LogP contribution is -1.97. The fraction of sp³-hybridized carbons (Fsp3) is 0. The average molecular weight is 302 g/mol. The van der Waals surface area contributed by atoms with Crippen LogP contribution in [0.25, 0.3) is 0 Å². The van der Waals surface area contributed by atoms with E-state index in [1.54, 1.807) is 0 Å². The van der Waals surface area contributed by atoms with Gasteiger partial charge in [-0.15, -0.1) is 0 Å². The van der Waals surface area contributed by atoms with Gasteiger partial charge in [0.25, 0.3) is 0 Å². The SMILES string of the molecule is Nc1cc(F)c(Oc2ncc(Br)cn2)cc1F. The first-order chi connectivity index (χ1) is 8.06. The van der Waals surface area contributed by atoms with Crippen molar-refractivity contribution in [1.29, 1.82) is 0 Å². The Labute approximate surface area is 104 Å². The number of hydrogen-bond donors (Lipinski definition) is 1. The summed E-state index contributed by atoms with van der Waals surface area (Å²) in [4.78, 5) is 7.53. The number of halogens is 3. The predicted molar refractivity (Wildman–Crippen MR) is 60.6 cm³/mol. The molecular weight excluding hydrogens is 296 g/mol. The van der Waals surface area contributed by atoms with E-state index < -0.39 is 11.6 Å². The summed E-state index contributed by atoms with van der Waals surface area (Å²) in [6, 6.07) is 1.59. The third-order valence-corrected chi connectivity index (χ3v) is 2.26. The van der Waals surface area contributed by atoms with Crippen molar-refractivity contribution in [1.82, 2.24) is 9.97 Å². The van der Waals surface area contributed by atoms with Crippen LogP contribution in [0.5, 0.6) is 11.8 Å². The smallest absolute Gasteiger partial charge is 0.322 e. The summed E-state index contributed by atoms with van der Waals surface area (Å²) in [5, 5.41) is 0. The maximum atomic E-state index is 13.4. The summed E-state index contributed by atoms with van der Waals surface area (Å²) in [5.74, 6) is -1.87. The lowest BCUT2D eigenvalue weighted by atomic mass is 10.3. The number of aromatic nitrogens is 2. The van der Waals surface area contributed by atoms with Gasteiger partial charge in [0, 0.05) is 24.5 Å². The summed E-state index contributed by atoms with van der Waals surface area (Å²) in [7, 11) is 0. The first-order valence-corrected chi connectivity index (χ1v) is 5.25. The van der Waals surface area contributed by atoms with Gasteiger partial charge in [-0.25, -0.2) is 18.7 Å². The molecule has 0 bridgehead atoms. The van der Waals surface area contributed by atoms with Gasteiger partial charge in [0.15, 0.2) is 11.6 Å². The van der Waals surface area contributed by atoms with Gasteiger partial charge in [-0.3, -0.25) is 0 Å². The van der Waals surface area contributed by atoms with Crippen molar-refractivity contribution in [3.63, 3.8) is 0 Å². The minimum absolute atomic E-state index is 0.0868. The molecule has 0 aliphatic heterocycles. The number of hydrogen-bond acceptors (Lipinski definition) is 4. The quantitative estimate of drug-likeness (QED) is 0.867. The van der Waals surface area contributed by atoms with Crippen molar-refractivity contribution in [3.05, 3.63) is 40.6 Å². The second-order valence-electron chi connectivity index (χ2n) is 3.09. The maximum Gasteiger partial charge on any atom is 0.322 e. The molecule has 0 spiro atoms. The van der Waals surface area contributed by atoms with Crippen molar-refractivity contribution in [3.8, 4) is 11.8 Å². The third-order valence-electron chi connectivity index (χ3n) is 1.85. The molecule has 0 radical (unpaired) electrons. The Kier molecular flexibility index (Phi) is 3.19. The normalized spacial score (nSPS) is 10.3. The van der Waals surface area contributed by atoms with Crippen LogP contribution in [0.4, 0.5) is 14.5 Å². The molecule has 7 heteroatoms. The fourth-order valence-electron chi connectivity index (χ4n) is 1.07. The zero-order chi connectivity index (χ0) is 12.4. The van der Waals surface area contributed by atoms with Crippen LogP contribution >= 0.6 is 15.9 Å². The van der Waals surface area contributed by atoms with Gasteiger partial charge in [-0.2, -0.15) is 0 Å². The van der Waals surface area contributed by atoms with Gasteiger partial charge in [0.05, 0.1) is 10.2 Å². The lowest BCUT2D eigenvalue weighted by molar-refractivity contribution is 0.407. The molecule has 0 aliphatic carbocycles. The largest absolute Gasteiger partial charge is 0.421 e. The molecule has 4 nitrogen and oxygen atoms in total. The summed E-state index contributed by atoms with van der Waals surface area (Å²) in [6.07, 6.45) is 2.85. The van der Waals surface area contributed by atoms with Gasteiger partial charge in [0.1, 0.15) is 5.82 Å². The van der Waals surface area contributed by atoms with E-state index in [1.165, 1.54) is 12.4 Å². The fourth-order valence-corrected chi connectivity index (χ4v) is 1.28. The van der Waals surface area contributed by atoms with Crippen molar-refractivity contribution >= 4 is 21.6 Å². The van der Waals surface area contributed by atoms with Crippen molar-refractivity contribution < 1.29 is 13.5 Å². The summed E-state index contributed by atoms with van der Waals surface area (Å²) >= 11 is 3.14. The number of anilines is 1. The molecule has 1 aromatic carbocycles. The molecule has 0 fully saturated rings. The van der Waals surface area contributed by atoms with E-state index in [4.69, 9.17) is 10.5 Å². The molecule has 0 atom stereocenters. The van der Waals surface area contributed by atoms with E-state index >= 15 is 0 Å². The molecule has 2 rings (SSSR count). The number of nitrogen functional groups attached to an aromatic ring is 1. The molecule has 0 amide bonds. The highest BCUT2D eigenvalue weighted by Crippen LogP contribution is 2.26. The van der Waals surface area contributed by atoms with Crippen LogP contribution in [0.15, 0.2) is 29.0 Å². The standard InChI is InChI=1S/C10H6BrF2N3O/c11-5-3-15-10(16-4-5)17-9-2-6(12)8(14)1-7(9)13/h1-4H,14H2. The van der Waals surface area contributed by atoms with Gasteiger partial charge in [0.2, 0.25) is 0 Å². The highest BCUT2D eigenvalue weighted by molar-refractivity contribution is 9.10. The molecule has 0 aliphatic rings. The van der Waals surface area contributed by atoms with E-state index in [9.17, 15) is 8.78 Å². The second kappa shape index (κ2) is 4.62. The molecule has 88 valence electrons. The van der Waals surface area contributed by atoms with Crippen LogP contribution in [0.3, 0.4) is 0 Å². The predicted octanol–water partition coefficient (Wildman–Crippen LogP) is 2.89. The van der Waals surface area contributed by atoms with Gasteiger partial charge in [-0.05, 0) is 15.9 Å². The first kappa shape index (κ1) is 11.7. The number of benzene rings is 1. The van der Waals surface area contributed by atoms with Crippen LogP contribution in [-0.4, -0.2) is 9.97 Å². The van der Waals surface area contributed by atoms with E-state index in [1.807, 2.05) is 0 Å². The first-order valence-electron chi connectivity index (χ1n) is 4.46. The van der Waals surface area contributed by atoms with E-state index in [0.717, 1.165) is 12.1 Å². The molecule has 2 N–H and O–H groups in total. The van der Waals surface area contributed by atoms with Crippen LogP contribution in [0.1, 0.15) is 0 Å². The van der Waals surface area contributed by atoms with Gasteiger partial charge in [-0.1, -0.05) is 0 Å². The Hall–Kier alpha value is -1.76. The molecule has 1 heterocycles. The second-order valence-corrected chi connectivity index (χ2v) is 4.01. The number of nitrogens with two attached hydrogens (primary N) is 1. The number of ether oxygens (including phenoxy) is 1. The highest BCUT2D eigenvalue weighted by atomic mass is 79.9. The Balaban J connectivity index is 2.30. The highest BCUT2D eigenvalue weighted by Gasteiger charge is 2.11.